The highest BCUT2D eigenvalue weighted by Crippen LogP contribution is 2.20. The molecule has 1 atom stereocenters. The average Bonchev–Trinajstić information content (AvgIpc) is 3.03. The van der Waals surface area contributed by atoms with Gasteiger partial charge in [-0.15, -0.1) is 0 Å². The summed E-state index contributed by atoms with van der Waals surface area (Å²) < 4.78 is 15.2. The van der Waals surface area contributed by atoms with Gasteiger partial charge in [0.15, 0.2) is 6.61 Å². The van der Waals surface area contributed by atoms with Crippen molar-refractivity contribution in [2.75, 3.05) is 39.5 Å². The van der Waals surface area contributed by atoms with E-state index in [0.717, 1.165) is 24.3 Å². The van der Waals surface area contributed by atoms with E-state index in [1.54, 1.807) is 4.90 Å². The van der Waals surface area contributed by atoms with Crippen LogP contribution in [0, 0.1) is 5.92 Å². The van der Waals surface area contributed by atoms with Crippen molar-refractivity contribution in [1.82, 2.24) is 9.80 Å². The van der Waals surface area contributed by atoms with Crippen LogP contribution in [0.4, 0.5) is 9.59 Å². The van der Waals surface area contributed by atoms with Gasteiger partial charge in [0.1, 0.15) is 6.61 Å². The first-order valence-electron chi connectivity index (χ1n) is 7.14. The molecular formula is C13H18N2O6. The zero-order valence-electron chi connectivity index (χ0n) is 11.7. The van der Waals surface area contributed by atoms with Crippen molar-refractivity contribution in [1.29, 1.82) is 0 Å². The normalized spacial score (nSPS) is 26.0. The molecule has 0 aliphatic carbocycles. The fourth-order valence-corrected chi connectivity index (χ4v) is 2.68. The molecule has 116 valence electrons. The smallest absolute Gasteiger partial charge is 0.417 e. The minimum atomic E-state index is -0.598. The number of cyclic esters (lactones) is 1. The molecular weight excluding hydrogens is 280 g/mol. The van der Waals surface area contributed by atoms with Crippen LogP contribution in [0.2, 0.25) is 0 Å². The Labute approximate surface area is 121 Å². The quantitative estimate of drug-likeness (QED) is 0.737. The van der Waals surface area contributed by atoms with Crippen LogP contribution in [0.3, 0.4) is 0 Å². The highest BCUT2D eigenvalue weighted by atomic mass is 16.6. The van der Waals surface area contributed by atoms with Crippen LogP contribution >= 0.6 is 0 Å². The molecule has 3 aliphatic rings. The maximum absolute atomic E-state index is 11.8. The standard InChI is InChI=1S/C13H18N2O6/c16-11-8-21-13(18)15(11)6-9-4-14(5-9)12(17)20-7-10-2-1-3-19-10/h9-10H,1-8H2. The van der Waals surface area contributed by atoms with Gasteiger partial charge in [-0.25, -0.2) is 14.5 Å². The van der Waals surface area contributed by atoms with E-state index in [4.69, 9.17) is 9.47 Å². The van der Waals surface area contributed by atoms with Crippen molar-refractivity contribution in [2.45, 2.75) is 18.9 Å². The predicted molar refractivity (Wildman–Crippen MR) is 68.4 cm³/mol. The Morgan fingerprint density at radius 2 is 2.14 bits per heavy atom. The number of ether oxygens (including phenoxy) is 3. The Balaban J connectivity index is 1.36. The third kappa shape index (κ3) is 3.10. The predicted octanol–water partition coefficient (Wildman–Crippen LogP) is 0.213. The minimum Gasteiger partial charge on any atom is -0.447 e. The average molecular weight is 298 g/mol. The van der Waals surface area contributed by atoms with Crippen LogP contribution in [0.1, 0.15) is 12.8 Å². The summed E-state index contributed by atoms with van der Waals surface area (Å²) in [7, 11) is 0. The Bertz CT molecular complexity index is 426. The number of nitrogens with zero attached hydrogens (tertiary/aromatic N) is 2. The van der Waals surface area contributed by atoms with Crippen molar-refractivity contribution >= 4 is 18.1 Å². The van der Waals surface area contributed by atoms with Gasteiger partial charge in [0, 0.05) is 32.2 Å². The topological polar surface area (TPSA) is 85.4 Å². The molecule has 8 heteroatoms. The summed E-state index contributed by atoms with van der Waals surface area (Å²) >= 11 is 0. The fourth-order valence-electron chi connectivity index (χ4n) is 2.68. The first-order valence-corrected chi connectivity index (χ1v) is 7.14. The van der Waals surface area contributed by atoms with Crippen LogP contribution in [-0.4, -0.2) is 73.5 Å². The molecule has 0 aromatic heterocycles. The van der Waals surface area contributed by atoms with Crippen molar-refractivity contribution in [3.63, 3.8) is 0 Å². The van der Waals surface area contributed by atoms with E-state index < -0.39 is 6.09 Å². The Morgan fingerprint density at radius 1 is 1.33 bits per heavy atom. The molecule has 0 spiro atoms. The van der Waals surface area contributed by atoms with E-state index in [1.165, 1.54) is 0 Å². The Kier molecular flexibility index (Phi) is 3.96. The summed E-state index contributed by atoms with van der Waals surface area (Å²) in [5.41, 5.74) is 0. The lowest BCUT2D eigenvalue weighted by atomic mass is 10.0. The lowest BCUT2D eigenvalue weighted by Crippen LogP contribution is -2.54. The van der Waals surface area contributed by atoms with Gasteiger partial charge in [-0.1, -0.05) is 0 Å². The zero-order chi connectivity index (χ0) is 14.8. The third-order valence-electron chi connectivity index (χ3n) is 3.91. The largest absolute Gasteiger partial charge is 0.447 e. The summed E-state index contributed by atoms with van der Waals surface area (Å²) in [5.74, 6) is -0.228. The monoisotopic (exact) mass is 298 g/mol. The Morgan fingerprint density at radius 3 is 2.76 bits per heavy atom. The molecule has 0 aromatic rings. The van der Waals surface area contributed by atoms with Gasteiger partial charge >= 0.3 is 12.2 Å². The Hall–Kier alpha value is -1.83. The van der Waals surface area contributed by atoms with Crippen LogP contribution in [0.5, 0.6) is 0 Å². The highest BCUT2D eigenvalue weighted by molar-refractivity contribution is 5.97. The number of imide groups is 1. The van der Waals surface area contributed by atoms with Crippen LogP contribution < -0.4 is 0 Å². The SMILES string of the molecule is O=C(OCC1CCCO1)N1CC(CN2C(=O)COC2=O)C1. The van der Waals surface area contributed by atoms with Gasteiger partial charge in [0.05, 0.1) is 6.10 Å². The van der Waals surface area contributed by atoms with E-state index in [2.05, 4.69) is 4.74 Å². The number of rotatable bonds is 4. The van der Waals surface area contributed by atoms with Crippen molar-refractivity contribution in [2.24, 2.45) is 5.92 Å². The lowest BCUT2D eigenvalue weighted by molar-refractivity contribution is -0.126. The number of likely N-dealkylation sites (tertiary alicyclic amines) is 1. The number of amides is 3. The summed E-state index contributed by atoms with van der Waals surface area (Å²) in [4.78, 5) is 37.1. The first-order chi connectivity index (χ1) is 10.1. The summed E-state index contributed by atoms with van der Waals surface area (Å²) in [6.45, 7) is 2.11. The number of carbonyl (C=O) groups is 3. The summed E-state index contributed by atoms with van der Waals surface area (Å²) in [5, 5.41) is 0. The van der Waals surface area contributed by atoms with E-state index in [1.807, 2.05) is 0 Å². The van der Waals surface area contributed by atoms with Crippen molar-refractivity contribution in [3.05, 3.63) is 0 Å². The number of carbonyl (C=O) groups excluding carboxylic acids is 3. The molecule has 3 amide bonds. The molecule has 0 saturated carbocycles. The molecule has 3 saturated heterocycles. The lowest BCUT2D eigenvalue weighted by Gasteiger charge is -2.39. The molecule has 0 bridgehead atoms. The fraction of sp³-hybridized carbons (Fsp3) is 0.769. The molecule has 3 heterocycles. The first kappa shape index (κ1) is 14.1. The van der Waals surface area contributed by atoms with E-state index in [0.29, 0.717) is 19.6 Å². The van der Waals surface area contributed by atoms with Gasteiger partial charge in [-0.05, 0) is 12.8 Å². The highest BCUT2D eigenvalue weighted by Gasteiger charge is 2.38. The summed E-state index contributed by atoms with van der Waals surface area (Å²) in [6.07, 6.45) is 0.989. The van der Waals surface area contributed by atoms with Crippen LogP contribution in [0.25, 0.3) is 0 Å². The van der Waals surface area contributed by atoms with Gasteiger partial charge in [-0.3, -0.25) is 4.79 Å². The molecule has 8 nitrogen and oxygen atoms in total. The van der Waals surface area contributed by atoms with Gasteiger partial charge < -0.3 is 19.1 Å². The maximum atomic E-state index is 11.8. The molecule has 3 aliphatic heterocycles. The molecule has 0 aromatic carbocycles. The molecule has 3 fully saturated rings. The van der Waals surface area contributed by atoms with Crippen LogP contribution in [-0.2, 0) is 19.0 Å². The molecule has 21 heavy (non-hydrogen) atoms. The second-order valence-corrected chi connectivity index (χ2v) is 5.54. The van der Waals surface area contributed by atoms with Gasteiger partial charge in [-0.2, -0.15) is 0 Å². The second kappa shape index (κ2) is 5.88. The molecule has 1 unspecified atom stereocenters. The number of hydrogen-bond donors (Lipinski definition) is 0. The van der Waals surface area contributed by atoms with E-state index >= 15 is 0 Å². The van der Waals surface area contributed by atoms with Crippen molar-refractivity contribution in [3.8, 4) is 0 Å². The van der Waals surface area contributed by atoms with Gasteiger partial charge in [0.2, 0.25) is 0 Å². The summed E-state index contributed by atoms with van der Waals surface area (Å²) in [6, 6.07) is 0. The molecule has 0 radical (unpaired) electrons. The van der Waals surface area contributed by atoms with Crippen LogP contribution in [0.15, 0.2) is 0 Å². The second-order valence-electron chi connectivity index (χ2n) is 5.54. The van der Waals surface area contributed by atoms with Crippen molar-refractivity contribution < 1.29 is 28.6 Å². The van der Waals surface area contributed by atoms with E-state index in [-0.39, 0.29) is 37.2 Å². The van der Waals surface area contributed by atoms with E-state index in [9.17, 15) is 14.4 Å². The molecule has 3 rings (SSSR count). The van der Waals surface area contributed by atoms with Gasteiger partial charge in [0.25, 0.3) is 5.91 Å². The zero-order valence-corrected chi connectivity index (χ0v) is 11.7. The number of hydrogen-bond acceptors (Lipinski definition) is 6. The minimum absolute atomic E-state index is 0.0167. The molecule has 0 N–H and O–H groups in total. The third-order valence-corrected chi connectivity index (χ3v) is 3.91. The maximum Gasteiger partial charge on any atom is 0.417 e.